The molecule has 2 aromatic heterocycles. The molecule has 0 unspecified atom stereocenters. The minimum Gasteiger partial charge on any atom is -0.458 e. The molecule has 1 saturated heterocycles. The van der Waals surface area contributed by atoms with Crippen molar-refractivity contribution in [3.63, 3.8) is 0 Å². The number of aromatic amines is 1. The van der Waals surface area contributed by atoms with Crippen LogP contribution in [-0.4, -0.2) is 45.4 Å². The van der Waals surface area contributed by atoms with Crippen LogP contribution < -0.4 is 15.0 Å². The normalized spacial score (nSPS) is 14.9. The monoisotopic (exact) mass is 521 g/mol. The molecule has 2 aromatic carbocycles. The molecule has 3 N–H and O–H groups in total. The van der Waals surface area contributed by atoms with E-state index in [1.807, 2.05) is 79.7 Å². The fraction of sp³-hybridized carbons (Fsp3) is 0.194. The van der Waals surface area contributed by atoms with Gasteiger partial charge >= 0.3 is 0 Å². The Balaban J connectivity index is 1.34. The van der Waals surface area contributed by atoms with Crippen molar-refractivity contribution >= 4 is 33.9 Å². The molecule has 8 heteroatoms. The molecular formula is C31H31N5O3. The Kier molecular flexibility index (Phi) is 7.84. The number of rotatable bonds is 8. The number of hydrogen-bond donors (Lipinski definition) is 3. The van der Waals surface area contributed by atoms with Crippen LogP contribution in [0.3, 0.4) is 0 Å². The van der Waals surface area contributed by atoms with Crippen LogP contribution in [0.2, 0.25) is 0 Å². The van der Waals surface area contributed by atoms with Gasteiger partial charge < -0.3 is 20.1 Å². The van der Waals surface area contributed by atoms with Crippen LogP contribution in [0.25, 0.3) is 16.5 Å². The van der Waals surface area contributed by atoms with Crippen LogP contribution >= 0.6 is 0 Å². The Labute approximate surface area is 227 Å². The highest BCUT2D eigenvalue weighted by molar-refractivity contribution is 6.11. The number of carbonyl (C=O) groups is 1. The minimum atomic E-state index is -0.334. The summed E-state index contributed by atoms with van der Waals surface area (Å²) in [6.07, 6.45) is 8.42. The predicted octanol–water partition coefficient (Wildman–Crippen LogP) is 5.72. The number of anilines is 2. The second kappa shape index (κ2) is 11.8. The largest absolute Gasteiger partial charge is 0.458 e. The van der Waals surface area contributed by atoms with Gasteiger partial charge in [0.1, 0.15) is 17.3 Å². The van der Waals surface area contributed by atoms with E-state index in [0.717, 1.165) is 54.2 Å². The van der Waals surface area contributed by atoms with E-state index in [2.05, 4.69) is 32.0 Å². The van der Waals surface area contributed by atoms with Gasteiger partial charge in [0.2, 0.25) is 0 Å². The Bertz CT molecular complexity index is 1520. The summed E-state index contributed by atoms with van der Waals surface area (Å²) in [7, 11) is 0. The minimum absolute atomic E-state index is 0.241. The van der Waals surface area contributed by atoms with Gasteiger partial charge in [-0.1, -0.05) is 36.9 Å². The topological polar surface area (TPSA) is 103 Å². The number of nitrogens with one attached hydrogen (secondary N) is 2. The van der Waals surface area contributed by atoms with Crippen molar-refractivity contribution in [3.8, 4) is 5.75 Å². The SMILES string of the molecule is C=C/C(=C\C(=C/C)Oc1ccccc1)c1ccc2[nH]nc(C(=O)Nc3ccc(N4CCC(O)CC4)nc3)c2c1. The number of carbonyl (C=O) groups excluding carboxylic acids is 1. The van der Waals surface area contributed by atoms with E-state index in [0.29, 0.717) is 16.8 Å². The Morgan fingerprint density at radius 2 is 1.95 bits per heavy atom. The number of fused-ring (bicyclic) bond motifs is 1. The molecule has 5 rings (SSSR count). The quantitative estimate of drug-likeness (QED) is 0.202. The number of para-hydroxylation sites is 1. The second-order valence-electron chi connectivity index (χ2n) is 9.32. The van der Waals surface area contributed by atoms with Gasteiger partial charge in [0.05, 0.1) is 23.5 Å². The van der Waals surface area contributed by atoms with Gasteiger partial charge in [-0.2, -0.15) is 5.10 Å². The van der Waals surface area contributed by atoms with Crippen molar-refractivity contribution < 1.29 is 14.6 Å². The maximum atomic E-state index is 13.2. The van der Waals surface area contributed by atoms with Crippen LogP contribution in [0, 0.1) is 0 Å². The number of aromatic nitrogens is 3. The molecule has 1 aliphatic heterocycles. The molecule has 1 fully saturated rings. The maximum absolute atomic E-state index is 13.2. The number of H-pyrrole nitrogens is 1. The number of piperidine rings is 1. The Morgan fingerprint density at radius 3 is 2.64 bits per heavy atom. The van der Waals surface area contributed by atoms with Crippen molar-refractivity contribution in [2.75, 3.05) is 23.3 Å². The van der Waals surface area contributed by atoms with Gasteiger partial charge in [-0.05, 0) is 79.5 Å². The molecule has 4 aromatic rings. The Hall–Kier alpha value is -4.69. The molecule has 0 radical (unpaired) electrons. The first-order valence-corrected chi connectivity index (χ1v) is 13.0. The van der Waals surface area contributed by atoms with E-state index < -0.39 is 0 Å². The maximum Gasteiger partial charge on any atom is 0.276 e. The highest BCUT2D eigenvalue weighted by Crippen LogP contribution is 2.26. The number of nitrogens with zero attached hydrogens (tertiary/aromatic N) is 3. The number of amides is 1. The number of aliphatic hydroxyl groups excluding tert-OH is 1. The van der Waals surface area contributed by atoms with Gasteiger partial charge in [-0.3, -0.25) is 9.89 Å². The van der Waals surface area contributed by atoms with Crippen molar-refractivity contribution in [2.24, 2.45) is 0 Å². The van der Waals surface area contributed by atoms with Crippen LogP contribution in [-0.2, 0) is 0 Å². The molecule has 0 aliphatic carbocycles. The molecule has 3 heterocycles. The number of aliphatic hydroxyl groups is 1. The van der Waals surface area contributed by atoms with E-state index in [1.54, 1.807) is 12.3 Å². The standard InChI is InChI=1S/C31H31N5O3/c1-3-21(18-25(4-2)39-26-8-6-5-7-9-26)22-10-12-28-27(19-22)30(35-34-28)31(38)33-23-11-13-29(32-20-23)36-16-14-24(37)15-17-36/h3-13,18-20,24,37H,1,14-17H2,2H3,(H,33,38)(H,34,35)/b21-18+,25-4+. The second-order valence-corrected chi connectivity index (χ2v) is 9.32. The fourth-order valence-corrected chi connectivity index (χ4v) is 4.51. The summed E-state index contributed by atoms with van der Waals surface area (Å²) in [4.78, 5) is 19.8. The van der Waals surface area contributed by atoms with Crippen LogP contribution in [0.4, 0.5) is 11.5 Å². The van der Waals surface area contributed by atoms with Gasteiger partial charge in [0.15, 0.2) is 5.69 Å². The highest BCUT2D eigenvalue weighted by atomic mass is 16.5. The molecule has 8 nitrogen and oxygen atoms in total. The van der Waals surface area contributed by atoms with Crippen molar-refractivity contribution in [1.29, 1.82) is 0 Å². The summed E-state index contributed by atoms with van der Waals surface area (Å²) in [6.45, 7) is 7.41. The number of ether oxygens (including phenoxy) is 1. The summed E-state index contributed by atoms with van der Waals surface area (Å²) in [6, 6.07) is 19.1. The molecule has 1 aliphatic rings. The van der Waals surface area contributed by atoms with E-state index >= 15 is 0 Å². The van der Waals surface area contributed by atoms with Crippen molar-refractivity contribution in [3.05, 3.63) is 109 Å². The Morgan fingerprint density at radius 1 is 1.15 bits per heavy atom. The zero-order chi connectivity index (χ0) is 27.2. The molecular weight excluding hydrogens is 490 g/mol. The number of benzene rings is 2. The van der Waals surface area contributed by atoms with Gasteiger partial charge in [0, 0.05) is 18.5 Å². The number of hydrogen-bond acceptors (Lipinski definition) is 6. The zero-order valence-electron chi connectivity index (χ0n) is 21.8. The van der Waals surface area contributed by atoms with Crippen molar-refractivity contribution in [2.45, 2.75) is 25.9 Å². The summed E-state index contributed by atoms with van der Waals surface area (Å²) < 4.78 is 6.00. The van der Waals surface area contributed by atoms with Gasteiger partial charge in [-0.25, -0.2) is 4.98 Å². The lowest BCUT2D eigenvalue weighted by Gasteiger charge is -2.30. The molecule has 198 valence electrons. The number of allylic oxidation sites excluding steroid dienone is 4. The molecule has 1 amide bonds. The average molecular weight is 522 g/mol. The molecule has 39 heavy (non-hydrogen) atoms. The van der Waals surface area contributed by atoms with E-state index in [-0.39, 0.29) is 17.7 Å². The molecule has 0 bridgehead atoms. The van der Waals surface area contributed by atoms with E-state index in [1.165, 1.54) is 0 Å². The van der Waals surface area contributed by atoms with Gasteiger partial charge in [0.25, 0.3) is 5.91 Å². The molecule has 0 saturated carbocycles. The average Bonchev–Trinajstić information content (AvgIpc) is 3.40. The number of pyridine rings is 1. The predicted molar refractivity (Wildman–Crippen MR) is 155 cm³/mol. The fourth-order valence-electron chi connectivity index (χ4n) is 4.51. The van der Waals surface area contributed by atoms with E-state index in [9.17, 15) is 9.90 Å². The first-order chi connectivity index (χ1) is 19.0. The lowest BCUT2D eigenvalue weighted by Crippen LogP contribution is -2.36. The van der Waals surface area contributed by atoms with Crippen LogP contribution in [0.5, 0.6) is 5.75 Å². The van der Waals surface area contributed by atoms with Crippen LogP contribution in [0.15, 0.2) is 97.4 Å². The first-order valence-electron chi connectivity index (χ1n) is 13.0. The first kappa shape index (κ1) is 25.9. The summed E-state index contributed by atoms with van der Waals surface area (Å²) in [5.41, 5.74) is 3.34. The molecule has 0 atom stereocenters. The summed E-state index contributed by atoms with van der Waals surface area (Å²) >= 11 is 0. The summed E-state index contributed by atoms with van der Waals surface area (Å²) in [5.74, 6) is 1.92. The zero-order valence-corrected chi connectivity index (χ0v) is 21.8. The lowest BCUT2D eigenvalue weighted by atomic mass is 10.0. The lowest BCUT2D eigenvalue weighted by molar-refractivity contribution is 0.102. The third kappa shape index (κ3) is 6.08. The third-order valence-corrected chi connectivity index (χ3v) is 6.69. The molecule has 0 spiro atoms. The smallest absolute Gasteiger partial charge is 0.276 e. The van der Waals surface area contributed by atoms with Crippen molar-refractivity contribution in [1.82, 2.24) is 15.2 Å². The third-order valence-electron chi connectivity index (χ3n) is 6.69. The van der Waals surface area contributed by atoms with Crippen LogP contribution in [0.1, 0.15) is 35.8 Å². The highest BCUT2D eigenvalue weighted by Gasteiger charge is 2.19. The van der Waals surface area contributed by atoms with Gasteiger partial charge in [-0.15, -0.1) is 0 Å². The summed E-state index contributed by atoms with van der Waals surface area (Å²) in [5, 5.41) is 20.5. The van der Waals surface area contributed by atoms with E-state index in [4.69, 9.17) is 4.74 Å².